The molecule has 0 radical (unpaired) electrons. The summed E-state index contributed by atoms with van der Waals surface area (Å²) in [6.07, 6.45) is 0.479. The van der Waals surface area contributed by atoms with E-state index >= 15 is 0 Å². The molecule has 3 amide bonds. The molecule has 0 aromatic heterocycles. The molecule has 138 valence electrons. The molecular weight excluding hydrogens is 330 g/mol. The molecule has 2 rings (SSSR count). The Balaban J connectivity index is 1.82. The zero-order valence-electron chi connectivity index (χ0n) is 15.3. The molecule has 0 aliphatic rings. The Morgan fingerprint density at radius 3 is 2.27 bits per heavy atom. The van der Waals surface area contributed by atoms with Crippen LogP contribution in [0.4, 0.5) is 16.2 Å². The summed E-state index contributed by atoms with van der Waals surface area (Å²) < 4.78 is 5.16. The minimum absolute atomic E-state index is 0.0169. The van der Waals surface area contributed by atoms with Crippen LogP contribution in [-0.2, 0) is 11.3 Å². The van der Waals surface area contributed by atoms with E-state index < -0.39 is 0 Å². The van der Waals surface area contributed by atoms with E-state index in [1.807, 2.05) is 38.1 Å². The molecule has 6 nitrogen and oxygen atoms in total. The lowest BCUT2D eigenvalue weighted by Gasteiger charge is -2.10. The lowest BCUT2D eigenvalue weighted by molar-refractivity contribution is -0.116. The molecule has 0 fully saturated rings. The topological polar surface area (TPSA) is 79.5 Å². The fraction of sp³-hybridized carbons (Fsp3) is 0.300. The van der Waals surface area contributed by atoms with E-state index in [4.69, 9.17) is 4.74 Å². The van der Waals surface area contributed by atoms with Crippen molar-refractivity contribution in [3.05, 3.63) is 54.1 Å². The smallest absolute Gasteiger partial charge is 0.319 e. The van der Waals surface area contributed by atoms with Gasteiger partial charge in [0.2, 0.25) is 5.91 Å². The van der Waals surface area contributed by atoms with E-state index in [1.54, 1.807) is 31.4 Å². The number of anilines is 2. The van der Waals surface area contributed by atoms with Gasteiger partial charge in [-0.3, -0.25) is 4.79 Å². The molecule has 0 saturated carbocycles. The van der Waals surface area contributed by atoms with Gasteiger partial charge >= 0.3 is 6.03 Å². The monoisotopic (exact) mass is 355 g/mol. The summed E-state index contributed by atoms with van der Waals surface area (Å²) in [6.45, 7) is 4.39. The van der Waals surface area contributed by atoms with Crippen LogP contribution in [0, 0.1) is 5.92 Å². The first kappa shape index (κ1) is 19.3. The molecule has 0 unspecified atom stereocenters. The van der Waals surface area contributed by atoms with Gasteiger partial charge in [0.1, 0.15) is 5.75 Å². The van der Waals surface area contributed by atoms with Crippen LogP contribution in [0.1, 0.15) is 25.8 Å². The molecule has 0 aliphatic carbocycles. The predicted octanol–water partition coefficient (Wildman–Crippen LogP) is 4.00. The molecule has 0 bridgehead atoms. The predicted molar refractivity (Wildman–Crippen MR) is 103 cm³/mol. The summed E-state index contributed by atoms with van der Waals surface area (Å²) in [4.78, 5) is 23.8. The van der Waals surface area contributed by atoms with Gasteiger partial charge in [0.05, 0.1) is 7.11 Å². The van der Waals surface area contributed by atoms with E-state index in [0.717, 1.165) is 11.3 Å². The first-order chi connectivity index (χ1) is 12.5. The third-order valence-corrected chi connectivity index (χ3v) is 3.61. The summed E-state index contributed by atoms with van der Waals surface area (Å²) in [5, 5.41) is 8.38. The third kappa shape index (κ3) is 6.47. The van der Waals surface area contributed by atoms with Gasteiger partial charge < -0.3 is 20.7 Å². The van der Waals surface area contributed by atoms with E-state index in [1.165, 1.54) is 0 Å². The van der Waals surface area contributed by atoms with Crippen LogP contribution in [0.25, 0.3) is 0 Å². The first-order valence-electron chi connectivity index (χ1n) is 8.54. The van der Waals surface area contributed by atoms with Gasteiger partial charge in [-0.05, 0) is 47.9 Å². The van der Waals surface area contributed by atoms with Crippen molar-refractivity contribution in [2.45, 2.75) is 26.8 Å². The van der Waals surface area contributed by atoms with Gasteiger partial charge in [-0.25, -0.2) is 4.79 Å². The average molecular weight is 355 g/mol. The molecule has 6 heteroatoms. The second-order valence-electron chi connectivity index (χ2n) is 6.38. The number of methoxy groups -OCH3 is 1. The van der Waals surface area contributed by atoms with Crippen molar-refractivity contribution >= 4 is 23.3 Å². The van der Waals surface area contributed by atoms with Crippen LogP contribution in [0.15, 0.2) is 48.5 Å². The number of hydrogen-bond donors (Lipinski definition) is 3. The molecule has 3 N–H and O–H groups in total. The van der Waals surface area contributed by atoms with Gasteiger partial charge in [-0.1, -0.05) is 26.0 Å². The van der Waals surface area contributed by atoms with E-state index in [0.29, 0.717) is 30.3 Å². The normalized spacial score (nSPS) is 10.3. The Labute approximate surface area is 153 Å². The Kier molecular flexibility index (Phi) is 7.02. The second kappa shape index (κ2) is 9.46. The number of urea groups is 1. The molecule has 0 spiro atoms. The average Bonchev–Trinajstić information content (AvgIpc) is 2.61. The molecule has 2 aromatic carbocycles. The van der Waals surface area contributed by atoms with Gasteiger partial charge in [-0.2, -0.15) is 0 Å². The number of carbonyl (C=O) groups excluding carboxylic acids is 2. The van der Waals surface area contributed by atoms with Crippen molar-refractivity contribution in [3.63, 3.8) is 0 Å². The zero-order valence-corrected chi connectivity index (χ0v) is 15.3. The van der Waals surface area contributed by atoms with Crippen molar-refractivity contribution in [1.29, 1.82) is 0 Å². The quantitative estimate of drug-likeness (QED) is 0.702. The van der Waals surface area contributed by atoms with Crippen molar-refractivity contribution < 1.29 is 14.3 Å². The number of benzene rings is 2. The molecule has 0 heterocycles. The van der Waals surface area contributed by atoms with Crippen molar-refractivity contribution in [2.75, 3.05) is 17.7 Å². The maximum Gasteiger partial charge on any atom is 0.319 e. The lowest BCUT2D eigenvalue weighted by atomic mass is 10.1. The Hall–Kier alpha value is -3.02. The van der Waals surface area contributed by atoms with Crippen LogP contribution >= 0.6 is 0 Å². The summed E-state index contributed by atoms with van der Waals surface area (Å²) in [6, 6.07) is 14.2. The summed E-state index contributed by atoms with van der Waals surface area (Å²) in [5.74, 6) is 1.04. The number of rotatable bonds is 7. The van der Waals surface area contributed by atoms with Gasteiger partial charge in [0.15, 0.2) is 0 Å². The molecular formula is C20H25N3O3. The van der Waals surface area contributed by atoms with E-state index in [-0.39, 0.29) is 11.9 Å². The van der Waals surface area contributed by atoms with Crippen LogP contribution in [0.3, 0.4) is 0 Å². The maximum absolute atomic E-state index is 12.0. The minimum atomic E-state index is -0.301. The summed E-state index contributed by atoms with van der Waals surface area (Å²) in [5.41, 5.74) is 2.30. The minimum Gasteiger partial charge on any atom is -0.497 e. The standard InChI is InChI=1S/C20H25N3O3/c1-14(2)11-19(24)22-16-7-9-17(10-8-16)23-20(25)21-13-15-5-4-6-18(12-15)26-3/h4-10,12,14H,11,13H2,1-3H3,(H,22,24)(H2,21,23,25). The molecule has 0 saturated heterocycles. The maximum atomic E-state index is 12.0. The SMILES string of the molecule is COc1cccc(CNC(=O)Nc2ccc(NC(=O)CC(C)C)cc2)c1. The zero-order chi connectivity index (χ0) is 18.9. The van der Waals surface area contributed by atoms with Crippen LogP contribution < -0.4 is 20.7 Å². The Bertz CT molecular complexity index is 742. The first-order valence-corrected chi connectivity index (χ1v) is 8.54. The van der Waals surface area contributed by atoms with Gasteiger partial charge in [-0.15, -0.1) is 0 Å². The van der Waals surface area contributed by atoms with Crippen molar-refractivity contribution in [3.8, 4) is 5.75 Å². The number of amides is 3. The van der Waals surface area contributed by atoms with Crippen LogP contribution in [0.5, 0.6) is 5.75 Å². The van der Waals surface area contributed by atoms with Crippen LogP contribution in [-0.4, -0.2) is 19.0 Å². The highest BCUT2D eigenvalue weighted by atomic mass is 16.5. The van der Waals surface area contributed by atoms with Gasteiger partial charge in [0, 0.05) is 24.3 Å². The highest BCUT2D eigenvalue weighted by molar-refractivity contribution is 5.92. The van der Waals surface area contributed by atoms with E-state index in [9.17, 15) is 9.59 Å². The largest absolute Gasteiger partial charge is 0.497 e. The summed E-state index contributed by atoms with van der Waals surface area (Å²) in [7, 11) is 1.61. The molecule has 26 heavy (non-hydrogen) atoms. The van der Waals surface area contributed by atoms with Crippen molar-refractivity contribution in [2.24, 2.45) is 5.92 Å². The van der Waals surface area contributed by atoms with Crippen LogP contribution in [0.2, 0.25) is 0 Å². The fourth-order valence-corrected chi connectivity index (χ4v) is 2.36. The Morgan fingerprint density at radius 2 is 1.65 bits per heavy atom. The molecule has 0 aliphatic heterocycles. The molecule has 0 atom stereocenters. The lowest BCUT2D eigenvalue weighted by Crippen LogP contribution is -2.28. The number of carbonyl (C=O) groups is 2. The highest BCUT2D eigenvalue weighted by Crippen LogP contribution is 2.15. The third-order valence-electron chi connectivity index (χ3n) is 3.61. The second-order valence-corrected chi connectivity index (χ2v) is 6.38. The fourth-order valence-electron chi connectivity index (χ4n) is 2.36. The summed E-state index contributed by atoms with van der Waals surface area (Å²) >= 11 is 0. The number of hydrogen-bond acceptors (Lipinski definition) is 3. The Morgan fingerprint density at radius 1 is 1.00 bits per heavy atom. The van der Waals surface area contributed by atoms with Crippen molar-refractivity contribution in [1.82, 2.24) is 5.32 Å². The van der Waals surface area contributed by atoms with Gasteiger partial charge in [0.25, 0.3) is 0 Å². The number of nitrogens with one attached hydrogen (secondary N) is 3. The molecule has 2 aromatic rings. The highest BCUT2D eigenvalue weighted by Gasteiger charge is 2.06. The number of ether oxygens (including phenoxy) is 1. The van der Waals surface area contributed by atoms with E-state index in [2.05, 4.69) is 16.0 Å².